The molecule has 0 aliphatic carbocycles. The minimum absolute atomic E-state index is 0.0408. The molecule has 1 aromatic carbocycles. The first-order valence-corrected chi connectivity index (χ1v) is 5.72. The van der Waals surface area contributed by atoms with E-state index in [9.17, 15) is 4.79 Å². The summed E-state index contributed by atoms with van der Waals surface area (Å²) in [6.45, 7) is 3.49. The summed E-state index contributed by atoms with van der Waals surface area (Å²) < 4.78 is 1.70. The number of aromatic nitrogens is 1. The maximum Gasteiger partial charge on any atom is 0.250 e. The van der Waals surface area contributed by atoms with Crippen LogP contribution in [0.2, 0.25) is 0 Å². The Morgan fingerprint density at radius 2 is 1.88 bits per heavy atom. The summed E-state index contributed by atoms with van der Waals surface area (Å²) in [6.07, 6.45) is 1.81. The molecular formula is C14H16N2O. The lowest BCUT2D eigenvalue weighted by Gasteiger charge is -2.10. The molecule has 3 heteroatoms. The van der Waals surface area contributed by atoms with Crippen molar-refractivity contribution in [3.63, 3.8) is 0 Å². The van der Waals surface area contributed by atoms with Gasteiger partial charge in [0.15, 0.2) is 0 Å². The molecule has 0 fully saturated rings. The quantitative estimate of drug-likeness (QED) is 0.871. The van der Waals surface area contributed by atoms with E-state index in [0.717, 1.165) is 12.2 Å². The van der Waals surface area contributed by atoms with Crippen molar-refractivity contribution in [1.82, 2.24) is 4.57 Å². The Bertz CT molecular complexity index is 546. The average Bonchev–Trinajstić information content (AvgIpc) is 2.34. The highest BCUT2D eigenvalue weighted by atomic mass is 16.1. The van der Waals surface area contributed by atoms with E-state index in [1.54, 1.807) is 16.7 Å². The van der Waals surface area contributed by atoms with Crippen LogP contribution in [-0.4, -0.2) is 11.1 Å². The molecule has 0 spiro atoms. The normalized spacial score (nSPS) is 10.2. The molecule has 0 radical (unpaired) electrons. The predicted molar refractivity (Wildman–Crippen MR) is 70.4 cm³/mol. The highest BCUT2D eigenvalue weighted by Gasteiger charge is 1.96. The van der Waals surface area contributed by atoms with E-state index in [-0.39, 0.29) is 5.56 Å². The lowest BCUT2D eigenvalue weighted by Crippen LogP contribution is -2.22. The largest absolute Gasteiger partial charge is 0.383 e. The summed E-state index contributed by atoms with van der Waals surface area (Å²) in [6, 6.07) is 13.3. The smallest absolute Gasteiger partial charge is 0.250 e. The molecular weight excluding hydrogens is 212 g/mol. The van der Waals surface area contributed by atoms with Crippen LogP contribution in [0.5, 0.6) is 0 Å². The van der Waals surface area contributed by atoms with Crippen LogP contribution in [0.15, 0.2) is 53.5 Å². The van der Waals surface area contributed by atoms with E-state index in [1.807, 2.05) is 30.5 Å². The number of benzene rings is 1. The highest BCUT2D eigenvalue weighted by molar-refractivity contribution is 5.50. The first-order chi connectivity index (χ1) is 8.27. The van der Waals surface area contributed by atoms with Gasteiger partial charge in [0, 0.05) is 31.0 Å². The fraction of sp³-hybridized carbons (Fsp3) is 0.214. The Morgan fingerprint density at radius 1 is 1.12 bits per heavy atom. The maximum absolute atomic E-state index is 11.5. The first kappa shape index (κ1) is 11.5. The third-order valence-corrected chi connectivity index (χ3v) is 2.71. The fourth-order valence-corrected chi connectivity index (χ4v) is 1.73. The van der Waals surface area contributed by atoms with Gasteiger partial charge in [-0.1, -0.05) is 24.3 Å². The van der Waals surface area contributed by atoms with Crippen molar-refractivity contribution < 1.29 is 0 Å². The number of hydrogen-bond acceptors (Lipinski definition) is 2. The van der Waals surface area contributed by atoms with Gasteiger partial charge >= 0.3 is 0 Å². The molecule has 0 bridgehead atoms. The number of nitrogens with zero attached hydrogens (tertiary/aromatic N) is 1. The Hall–Kier alpha value is -2.03. The number of hydrogen-bond donors (Lipinski definition) is 1. The van der Waals surface area contributed by atoms with Gasteiger partial charge in [-0.3, -0.25) is 4.79 Å². The van der Waals surface area contributed by atoms with Crippen LogP contribution in [0.1, 0.15) is 5.56 Å². The van der Waals surface area contributed by atoms with E-state index < -0.39 is 0 Å². The number of para-hydroxylation sites is 1. The van der Waals surface area contributed by atoms with Gasteiger partial charge in [0.2, 0.25) is 0 Å². The molecule has 0 saturated carbocycles. The van der Waals surface area contributed by atoms with Gasteiger partial charge in [-0.15, -0.1) is 0 Å². The van der Waals surface area contributed by atoms with Crippen LogP contribution in [0.25, 0.3) is 0 Å². The molecule has 0 unspecified atom stereocenters. The third kappa shape index (κ3) is 2.97. The van der Waals surface area contributed by atoms with Crippen molar-refractivity contribution in [2.24, 2.45) is 0 Å². The zero-order valence-electron chi connectivity index (χ0n) is 9.89. The zero-order valence-corrected chi connectivity index (χ0v) is 9.89. The Labute approximate surface area is 101 Å². The zero-order chi connectivity index (χ0) is 12.1. The molecule has 0 atom stereocenters. The SMILES string of the molecule is Cc1ccccc1NCCn1ccccc1=O. The van der Waals surface area contributed by atoms with E-state index >= 15 is 0 Å². The molecule has 1 heterocycles. The van der Waals surface area contributed by atoms with Gasteiger partial charge < -0.3 is 9.88 Å². The molecule has 0 amide bonds. The van der Waals surface area contributed by atoms with Gasteiger partial charge in [0.1, 0.15) is 0 Å². The summed E-state index contributed by atoms with van der Waals surface area (Å²) in [5, 5.41) is 3.33. The number of aryl methyl sites for hydroxylation is 1. The summed E-state index contributed by atoms with van der Waals surface area (Å²) in [5.74, 6) is 0. The molecule has 1 N–H and O–H groups in total. The number of anilines is 1. The molecule has 2 aromatic rings. The highest BCUT2D eigenvalue weighted by Crippen LogP contribution is 2.12. The monoisotopic (exact) mass is 228 g/mol. The second-order valence-corrected chi connectivity index (χ2v) is 3.97. The molecule has 17 heavy (non-hydrogen) atoms. The summed E-state index contributed by atoms with van der Waals surface area (Å²) >= 11 is 0. The Kier molecular flexibility index (Phi) is 3.60. The lowest BCUT2D eigenvalue weighted by atomic mass is 10.2. The van der Waals surface area contributed by atoms with Crippen LogP contribution in [0, 0.1) is 6.92 Å². The molecule has 0 saturated heterocycles. The summed E-state index contributed by atoms with van der Waals surface area (Å²) in [5.41, 5.74) is 2.38. The van der Waals surface area contributed by atoms with Gasteiger partial charge in [0.25, 0.3) is 5.56 Å². The first-order valence-electron chi connectivity index (χ1n) is 5.72. The van der Waals surface area contributed by atoms with Crippen LogP contribution in [0.3, 0.4) is 0 Å². The minimum Gasteiger partial charge on any atom is -0.383 e. The van der Waals surface area contributed by atoms with Gasteiger partial charge in [-0.2, -0.15) is 0 Å². The third-order valence-electron chi connectivity index (χ3n) is 2.71. The molecule has 0 aliphatic heterocycles. The standard InChI is InChI=1S/C14H16N2O/c1-12-6-2-3-7-13(12)15-9-11-16-10-5-4-8-14(16)17/h2-8,10,15H,9,11H2,1H3. The number of pyridine rings is 1. The van der Waals surface area contributed by atoms with Crippen molar-refractivity contribution in [1.29, 1.82) is 0 Å². The maximum atomic E-state index is 11.5. The van der Waals surface area contributed by atoms with E-state index in [2.05, 4.69) is 18.3 Å². The van der Waals surface area contributed by atoms with Crippen molar-refractivity contribution in [3.8, 4) is 0 Å². The van der Waals surface area contributed by atoms with E-state index in [1.165, 1.54) is 5.56 Å². The van der Waals surface area contributed by atoms with Gasteiger partial charge in [-0.25, -0.2) is 0 Å². The van der Waals surface area contributed by atoms with Crippen LogP contribution in [0.4, 0.5) is 5.69 Å². The van der Waals surface area contributed by atoms with Crippen LogP contribution in [-0.2, 0) is 6.54 Å². The molecule has 1 aromatic heterocycles. The van der Waals surface area contributed by atoms with Crippen LogP contribution < -0.4 is 10.9 Å². The molecule has 88 valence electrons. The van der Waals surface area contributed by atoms with Gasteiger partial charge in [-0.05, 0) is 24.6 Å². The predicted octanol–water partition coefficient (Wildman–Crippen LogP) is 2.27. The summed E-state index contributed by atoms with van der Waals surface area (Å²) in [4.78, 5) is 11.5. The van der Waals surface area contributed by atoms with Crippen molar-refractivity contribution in [3.05, 3.63) is 64.6 Å². The average molecular weight is 228 g/mol. The van der Waals surface area contributed by atoms with Crippen molar-refractivity contribution in [2.75, 3.05) is 11.9 Å². The Balaban J connectivity index is 1.95. The van der Waals surface area contributed by atoms with E-state index in [4.69, 9.17) is 0 Å². The van der Waals surface area contributed by atoms with Crippen LogP contribution >= 0.6 is 0 Å². The van der Waals surface area contributed by atoms with Crippen molar-refractivity contribution in [2.45, 2.75) is 13.5 Å². The number of nitrogens with one attached hydrogen (secondary N) is 1. The molecule has 2 rings (SSSR count). The lowest BCUT2D eigenvalue weighted by molar-refractivity contribution is 0.697. The molecule has 3 nitrogen and oxygen atoms in total. The van der Waals surface area contributed by atoms with Gasteiger partial charge in [0.05, 0.1) is 0 Å². The number of rotatable bonds is 4. The summed E-state index contributed by atoms with van der Waals surface area (Å²) in [7, 11) is 0. The Morgan fingerprint density at radius 3 is 2.65 bits per heavy atom. The second kappa shape index (κ2) is 5.34. The second-order valence-electron chi connectivity index (χ2n) is 3.97. The fourth-order valence-electron chi connectivity index (χ4n) is 1.73. The van der Waals surface area contributed by atoms with Crippen molar-refractivity contribution >= 4 is 5.69 Å². The van der Waals surface area contributed by atoms with E-state index in [0.29, 0.717) is 6.54 Å². The minimum atomic E-state index is 0.0408. The molecule has 0 aliphatic rings. The topological polar surface area (TPSA) is 34.0 Å².